The third kappa shape index (κ3) is 12.4. The molecule has 4 aromatic rings. The third-order valence-electron chi connectivity index (χ3n) is 5.31. The Morgan fingerprint density at radius 2 is 1.21 bits per heavy atom. The maximum absolute atomic E-state index is 11.7. The van der Waals surface area contributed by atoms with Crippen molar-refractivity contribution >= 4 is 34.8 Å². The van der Waals surface area contributed by atoms with Gasteiger partial charge in [-0.25, -0.2) is 0 Å². The molecule has 1 atom stereocenters. The van der Waals surface area contributed by atoms with Gasteiger partial charge >= 0.3 is 0 Å². The number of carbonyl (C=O) groups excluding carboxylic acids is 2. The van der Waals surface area contributed by atoms with Crippen LogP contribution >= 0.6 is 11.6 Å². The van der Waals surface area contributed by atoms with Gasteiger partial charge in [0.25, 0.3) is 0 Å². The first kappa shape index (κ1) is 30.4. The van der Waals surface area contributed by atoms with Crippen molar-refractivity contribution in [2.24, 2.45) is 0 Å². The average Bonchev–Trinajstić information content (AvgIpc) is 2.90. The van der Waals surface area contributed by atoms with Gasteiger partial charge in [0.05, 0.1) is 6.10 Å². The van der Waals surface area contributed by atoms with E-state index in [9.17, 15) is 9.59 Å². The van der Waals surface area contributed by atoms with Crippen molar-refractivity contribution in [3.63, 3.8) is 0 Å². The van der Waals surface area contributed by atoms with Crippen LogP contribution in [0.1, 0.15) is 43.0 Å². The Hall–Kier alpha value is -3.79. The number of Topliss-reactive ketones (excluding diaryl/α,β-unsaturated/α-hetero) is 2. The molecule has 1 unspecified atom stereocenters. The highest BCUT2D eigenvalue weighted by molar-refractivity contribution is 6.30. The molecule has 1 N–H and O–H groups in total. The van der Waals surface area contributed by atoms with Gasteiger partial charge in [0.2, 0.25) is 0 Å². The first-order valence-electron chi connectivity index (χ1n) is 12.5. The molecule has 0 radical (unpaired) electrons. The summed E-state index contributed by atoms with van der Waals surface area (Å²) in [6.45, 7) is 4.98. The molecular weight excluding hydrogens is 492 g/mol. The normalized spacial score (nSPS) is 11.2. The number of benzene rings is 4. The van der Waals surface area contributed by atoms with Gasteiger partial charge in [0.1, 0.15) is 5.78 Å². The van der Waals surface area contributed by atoms with Crippen LogP contribution in [0.15, 0.2) is 115 Å². The molecule has 4 heteroatoms. The van der Waals surface area contributed by atoms with Crippen molar-refractivity contribution in [3.05, 3.63) is 143 Å². The molecule has 0 aliphatic heterocycles. The van der Waals surface area contributed by atoms with Gasteiger partial charge < -0.3 is 5.11 Å². The zero-order valence-electron chi connectivity index (χ0n) is 22.2. The Balaban J connectivity index is 0.000000216. The smallest absolute Gasteiger partial charge is 0.160 e. The molecule has 0 amide bonds. The molecule has 4 rings (SSSR count). The average molecular weight is 527 g/mol. The second-order valence-electron chi connectivity index (χ2n) is 8.93. The van der Waals surface area contributed by atoms with Crippen molar-refractivity contribution in [2.45, 2.75) is 39.7 Å². The van der Waals surface area contributed by atoms with Crippen LogP contribution in [-0.2, 0) is 22.4 Å². The van der Waals surface area contributed by atoms with Crippen LogP contribution < -0.4 is 0 Å². The molecule has 0 saturated heterocycles. The molecule has 3 nitrogen and oxygen atoms in total. The second kappa shape index (κ2) is 16.9. The van der Waals surface area contributed by atoms with Crippen molar-refractivity contribution in [1.82, 2.24) is 0 Å². The Morgan fingerprint density at radius 3 is 1.66 bits per heavy atom. The zero-order valence-corrected chi connectivity index (χ0v) is 22.9. The number of aliphatic hydroxyl groups is 1. The van der Waals surface area contributed by atoms with Gasteiger partial charge in [0, 0.05) is 17.0 Å². The number of hydrogen-bond acceptors (Lipinski definition) is 3. The number of carbonyl (C=O) groups is 2. The van der Waals surface area contributed by atoms with E-state index in [1.54, 1.807) is 20.8 Å². The Morgan fingerprint density at radius 1 is 0.737 bits per heavy atom. The first-order chi connectivity index (χ1) is 18.2. The van der Waals surface area contributed by atoms with Gasteiger partial charge in [-0.15, -0.1) is 0 Å². The summed E-state index contributed by atoms with van der Waals surface area (Å²) in [6, 6.07) is 36.8. The standard InChI is InChI=1S/C16H13ClO.C9H12O.C9H10O/c1-12(18)16(14-5-3-2-4-6-14)11-13-7-9-15(17)10-8-13;2*1-8(10)7-9-5-3-2-4-6-9/h2-11H,1H3;2-6,8,10H,7H2,1H3;2-6H,7H2,1H3/b16-11-;;. The summed E-state index contributed by atoms with van der Waals surface area (Å²) in [4.78, 5) is 22.3. The molecule has 196 valence electrons. The van der Waals surface area contributed by atoms with Crippen LogP contribution in [0.3, 0.4) is 0 Å². The monoisotopic (exact) mass is 526 g/mol. The summed E-state index contributed by atoms with van der Waals surface area (Å²) in [6.07, 6.45) is 2.96. The van der Waals surface area contributed by atoms with Crippen LogP contribution in [0, 0.1) is 0 Å². The highest BCUT2D eigenvalue weighted by Gasteiger charge is 2.06. The number of allylic oxidation sites excluding steroid dienone is 1. The quantitative estimate of drug-likeness (QED) is 0.197. The summed E-state index contributed by atoms with van der Waals surface area (Å²) in [7, 11) is 0. The first-order valence-corrected chi connectivity index (χ1v) is 12.9. The van der Waals surface area contributed by atoms with E-state index in [2.05, 4.69) is 0 Å². The molecule has 0 bridgehead atoms. The summed E-state index contributed by atoms with van der Waals surface area (Å²) in [5.41, 5.74) is 4.89. The van der Waals surface area contributed by atoms with E-state index < -0.39 is 0 Å². The SMILES string of the molecule is CC(=O)/C(=C/c1ccc(Cl)cc1)c1ccccc1.CC(=O)Cc1ccccc1.CC(O)Cc1ccccc1. The van der Waals surface area contributed by atoms with E-state index >= 15 is 0 Å². The lowest BCUT2D eigenvalue weighted by Gasteiger charge is -2.04. The van der Waals surface area contributed by atoms with Crippen LogP contribution in [-0.4, -0.2) is 22.8 Å². The van der Waals surface area contributed by atoms with E-state index in [1.807, 2.05) is 121 Å². The number of rotatable bonds is 7. The largest absolute Gasteiger partial charge is 0.393 e. The van der Waals surface area contributed by atoms with Gasteiger partial charge in [0.15, 0.2) is 5.78 Å². The lowest BCUT2D eigenvalue weighted by atomic mass is 10.00. The van der Waals surface area contributed by atoms with Gasteiger partial charge in [-0.1, -0.05) is 115 Å². The maximum atomic E-state index is 11.7. The number of aliphatic hydroxyl groups excluding tert-OH is 1. The van der Waals surface area contributed by atoms with E-state index in [4.69, 9.17) is 16.7 Å². The Kier molecular flexibility index (Phi) is 13.5. The predicted octanol–water partition coefficient (Wildman–Crippen LogP) is 7.90. The minimum Gasteiger partial charge on any atom is -0.393 e. The minimum absolute atomic E-state index is 0.0520. The number of halogens is 1. The highest BCUT2D eigenvalue weighted by atomic mass is 35.5. The fourth-order valence-corrected chi connectivity index (χ4v) is 3.70. The lowest BCUT2D eigenvalue weighted by Crippen LogP contribution is -2.03. The summed E-state index contributed by atoms with van der Waals surface area (Å²) < 4.78 is 0. The van der Waals surface area contributed by atoms with E-state index in [-0.39, 0.29) is 17.7 Å². The molecule has 0 fully saturated rings. The molecule has 0 saturated carbocycles. The fraction of sp³-hybridized carbons (Fsp3) is 0.176. The molecule has 0 heterocycles. The molecule has 0 spiro atoms. The molecule has 0 aliphatic carbocycles. The Bertz CT molecular complexity index is 1260. The van der Waals surface area contributed by atoms with Crippen LogP contribution in [0.5, 0.6) is 0 Å². The molecule has 4 aromatic carbocycles. The van der Waals surface area contributed by atoms with Crippen molar-refractivity contribution in [1.29, 1.82) is 0 Å². The Labute approximate surface area is 231 Å². The predicted molar refractivity (Wildman–Crippen MR) is 159 cm³/mol. The lowest BCUT2D eigenvalue weighted by molar-refractivity contribution is -0.116. The topological polar surface area (TPSA) is 54.4 Å². The van der Waals surface area contributed by atoms with Crippen molar-refractivity contribution < 1.29 is 14.7 Å². The van der Waals surface area contributed by atoms with E-state index in [0.717, 1.165) is 23.1 Å². The molecule has 0 aliphatic rings. The van der Waals surface area contributed by atoms with Gasteiger partial charge in [-0.05, 0) is 67.7 Å². The third-order valence-corrected chi connectivity index (χ3v) is 5.57. The summed E-state index contributed by atoms with van der Waals surface area (Å²) in [5.74, 6) is 0.266. The van der Waals surface area contributed by atoms with Crippen LogP contribution in [0.25, 0.3) is 11.6 Å². The molecular formula is C34H35ClO3. The summed E-state index contributed by atoms with van der Waals surface area (Å²) >= 11 is 5.84. The van der Waals surface area contributed by atoms with E-state index in [0.29, 0.717) is 17.0 Å². The van der Waals surface area contributed by atoms with E-state index in [1.165, 1.54) is 5.56 Å². The number of hydrogen-bond donors (Lipinski definition) is 1. The van der Waals surface area contributed by atoms with Crippen molar-refractivity contribution in [2.75, 3.05) is 0 Å². The molecule has 0 aromatic heterocycles. The van der Waals surface area contributed by atoms with Gasteiger partial charge in [-0.3, -0.25) is 9.59 Å². The number of ketones is 2. The minimum atomic E-state index is -0.234. The second-order valence-corrected chi connectivity index (χ2v) is 9.37. The summed E-state index contributed by atoms with van der Waals surface area (Å²) in [5, 5.41) is 9.70. The van der Waals surface area contributed by atoms with Gasteiger partial charge in [-0.2, -0.15) is 0 Å². The van der Waals surface area contributed by atoms with Crippen molar-refractivity contribution in [3.8, 4) is 0 Å². The molecule has 38 heavy (non-hydrogen) atoms. The fourth-order valence-electron chi connectivity index (χ4n) is 3.57. The van der Waals surface area contributed by atoms with Crippen LogP contribution in [0.4, 0.5) is 0 Å². The van der Waals surface area contributed by atoms with Crippen LogP contribution in [0.2, 0.25) is 5.02 Å². The highest BCUT2D eigenvalue weighted by Crippen LogP contribution is 2.20. The zero-order chi connectivity index (χ0) is 27.8. The maximum Gasteiger partial charge on any atom is 0.160 e.